The Kier molecular flexibility index (Phi) is 7.25. The zero-order chi connectivity index (χ0) is 20.6. The molecule has 0 aliphatic rings. The summed E-state index contributed by atoms with van der Waals surface area (Å²) in [6.07, 6.45) is -4.09. The van der Waals surface area contributed by atoms with Crippen molar-refractivity contribution in [1.82, 2.24) is 10.6 Å². The van der Waals surface area contributed by atoms with Crippen molar-refractivity contribution in [3.63, 3.8) is 0 Å². The van der Waals surface area contributed by atoms with Crippen LogP contribution in [0.3, 0.4) is 0 Å². The van der Waals surface area contributed by atoms with E-state index in [9.17, 15) is 22.8 Å². The highest BCUT2D eigenvalue weighted by molar-refractivity contribution is 5.94. The van der Waals surface area contributed by atoms with Crippen LogP contribution in [0.1, 0.15) is 18.1 Å². The fraction of sp³-hybridized carbons (Fsp3) is 0.263. The Morgan fingerprint density at radius 1 is 0.964 bits per heavy atom. The fourth-order valence-corrected chi connectivity index (χ4v) is 2.42. The average Bonchev–Trinajstić information content (AvgIpc) is 2.65. The van der Waals surface area contributed by atoms with Crippen LogP contribution in [0, 0.1) is 0 Å². The number of carbonyl (C=O) groups is 2. The SMILES string of the molecule is CCc1ccccc1NC(=O)CNC(=O)NCc1ccccc1OC(F)(F)F. The first-order valence-electron chi connectivity index (χ1n) is 8.51. The summed E-state index contributed by atoms with van der Waals surface area (Å²) in [5.41, 5.74) is 1.77. The van der Waals surface area contributed by atoms with Crippen molar-refractivity contribution in [3.05, 3.63) is 59.7 Å². The van der Waals surface area contributed by atoms with Gasteiger partial charge in [-0.25, -0.2) is 4.79 Å². The Hall–Kier alpha value is -3.23. The molecule has 0 aromatic heterocycles. The highest BCUT2D eigenvalue weighted by Gasteiger charge is 2.31. The van der Waals surface area contributed by atoms with E-state index in [0.29, 0.717) is 5.69 Å². The molecular weight excluding hydrogens is 375 g/mol. The minimum absolute atomic E-state index is 0.149. The van der Waals surface area contributed by atoms with Crippen molar-refractivity contribution in [1.29, 1.82) is 0 Å². The molecule has 2 rings (SSSR count). The highest BCUT2D eigenvalue weighted by Crippen LogP contribution is 2.26. The Morgan fingerprint density at radius 2 is 1.61 bits per heavy atom. The summed E-state index contributed by atoms with van der Waals surface area (Å²) in [6.45, 7) is 1.47. The molecule has 0 unspecified atom stereocenters. The Morgan fingerprint density at radius 3 is 2.29 bits per heavy atom. The minimum atomic E-state index is -4.83. The predicted octanol–water partition coefficient (Wildman–Crippen LogP) is 3.59. The monoisotopic (exact) mass is 395 g/mol. The molecule has 0 spiro atoms. The van der Waals surface area contributed by atoms with Gasteiger partial charge in [0.05, 0.1) is 6.54 Å². The number of alkyl halides is 3. The summed E-state index contributed by atoms with van der Waals surface area (Å²) >= 11 is 0. The average molecular weight is 395 g/mol. The number of hydrogen-bond acceptors (Lipinski definition) is 3. The first kappa shape index (κ1) is 21.1. The van der Waals surface area contributed by atoms with Crippen LogP contribution in [0.4, 0.5) is 23.7 Å². The Balaban J connectivity index is 1.83. The molecule has 0 fully saturated rings. The number of benzene rings is 2. The fourth-order valence-electron chi connectivity index (χ4n) is 2.42. The lowest BCUT2D eigenvalue weighted by Gasteiger charge is -2.14. The molecule has 0 aliphatic heterocycles. The third kappa shape index (κ3) is 6.82. The highest BCUT2D eigenvalue weighted by atomic mass is 19.4. The Labute approximate surface area is 160 Å². The first-order valence-corrected chi connectivity index (χ1v) is 8.51. The van der Waals surface area contributed by atoms with E-state index in [1.807, 2.05) is 19.1 Å². The van der Waals surface area contributed by atoms with Crippen LogP contribution in [-0.2, 0) is 17.8 Å². The summed E-state index contributed by atoms with van der Waals surface area (Å²) in [7, 11) is 0. The molecule has 0 saturated heterocycles. The van der Waals surface area contributed by atoms with Gasteiger partial charge in [-0.1, -0.05) is 43.3 Å². The molecule has 0 atom stereocenters. The van der Waals surface area contributed by atoms with Crippen molar-refractivity contribution in [2.24, 2.45) is 0 Å². The quantitative estimate of drug-likeness (QED) is 0.670. The molecule has 150 valence electrons. The van der Waals surface area contributed by atoms with Crippen molar-refractivity contribution < 1.29 is 27.5 Å². The number of anilines is 1. The van der Waals surface area contributed by atoms with Crippen molar-refractivity contribution >= 4 is 17.6 Å². The molecule has 9 heteroatoms. The van der Waals surface area contributed by atoms with Gasteiger partial charge >= 0.3 is 12.4 Å². The third-order valence-electron chi connectivity index (χ3n) is 3.72. The van der Waals surface area contributed by atoms with Crippen molar-refractivity contribution in [2.45, 2.75) is 26.3 Å². The summed E-state index contributed by atoms with van der Waals surface area (Å²) in [6, 6.07) is 12.1. The largest absolute Gasteiger partial charge is 0.573 e. The van der Waals surface area contributed by atoms with Gasteiger partial charge in [0.2, 0.25) is 5.91 Å². The standard InChI is InChI=1S/C19H20F3N3O3/c1-2-13-7-3-5-9-15(13)25-17(26)12-24-18(27)23-11-14-8-4-6-10-16(14)28-19(20,21)22/h3-10H,2,11-12H2,1H3,(H,25,26)(H2,23,24,27). The number of ether oxygens (including phenoxy) is 1. The van der Waals surface area contributed by atoms with Gasteiger partial charge in [-0.15, -0.1) is 13.2 Å². The predicted molar refractivity (Wildman–Crippen MR) is 97.8 cm³/mol. The van der Waals surface area contributed by atoms with Crippen LogP contribution in [0.25, 0.3) is 0 Å². The van der Waals surface area contributed by atoms with Gasteiger partial charge in [-0.05, 0) is 24.1 Å². The second kappa shape index (κ2) is 9.63. The maximum absolute atomic E-state index is 12.4. The molecule has 0 radical (unpaired) electrons. The second-order valence-electron chi connectivity index (χ2n) is 5.75. The van der Waals surface area contributed by atoms with Gasteiger partial charge in [0.1, 0.15) is 5.75 Å². The molecule has 0 aliphatic carbocycles. The number of hydrogen-bond donors (Lipinski definition) is 3. The van der Waals surface area contributed by atoms with E-state index in [2.05, 4.69) is 20.7 Å². The van der Waals surface area contributed by atoms with E-state index in [0.717, 1.165) is 18.1 Å². The summed E-state index contributed by atoms with van der Waals surface area (Å²) in [5.74, 6) is -0.818. The second-order valence-corrected chi connectivity index (χ2v) is 5.75. The van der Waals surface area contributed by atoms with Crippen LogP contribution in [-0.4, -0.2) is 24.8 Å². The molecular formula is C19H20F3N3O3. The maximum Gasteiger partial charge on any atom is 0.573 e. The smallest absolute Gasteiger partial charge is 0.405 e. The number of nitrogens with one attached hydrogen (secondary N) is 3. The lowest BCUT2D eigenvalue weighted by atomic mass is 10.1. The number of aryl methyl sites for hydroxylation is 1. The molecule has 0 bridgehead atoms. The number of amides is 3. The summed E-state index contributed by atoms with van der Waals surface area (Å²) in [4.78, 5) is 23.8. The number of para-hydroxylation sites is 2. The molecule has 2 aromatic carbocycles. The number of rotatable bonds is 7. The summed E-state index contributed by atoms with van der Waals surface area (Å²) < 4.78 is 41.1. The van der Waals surface area contributed by atoms with E-state index < -0.39 is 24.1 Å². The molecule has 0 saturated carbocycles. The van der Waals surface area contributed by atoms with Crippen LogP contribution in [0.2, 0.25) is 0 Å². The number of halogens is 3. The van der Waals surface area contributed by atoms with Crippen LogP contribution in [0.15, 0.2) is 48.5 Å². The third-order valence-corrected chi connectivity index (χ3v) is 3.72. The molecule has 3 amide bonds. The first-order chi connectivity index (χ1) is 13.3. The van der Waals surface area contributed by atoms with Crippen LogP contribution in [0.5, 0.6) is 5.75 Å². The molecule has 2 aromatic rings. The van der Waals surface area contributed by atoms with Crippen molar-refractivity contribution in [3.8, 4) is 5.75 Å². The molecule has 3 N–H and O–H groups in total. The zero-order valence-electron chi connectivity index (χ0n) is 15.1. The lowest BCUT2D eigenvalue weighted by Crippen LogP contribution is -2.39. The van der Waals surface area contributed by atoms with Gasteiger partial charge < -0.3 is 20.7 Å². The minimum Gasteiger partial charge on any atom is -0.405 e. The van der Waals surface area contributed by atoms with Crippen LogP contribution >= 0.6 is 0 Å². The van der Waals surface area contributed by atoms with E-state index in [1.165, 1.54) is 18.2 Å². The van der Waals surface area contributed by atoms with Crippen molar-refractivity contribution in [2.75, 3.05) is 11.9 Å². The van der Waals surface area contributed by atoms with E-state index in [1.54, 1.807) is 12.1 Å². The molecule has 28 heavy (non-hydrogen) atoms. The topological polar surface area (TPSA) is 79.5 Å². The summed E-state index contributed by atoms with van der Waals surface area (Å²) in [5, 5.41) is 7.44. The van der Waals surface area contributed by atoms with Gasteiger partial charge in [-0.3, -0.25) is 4.79 Å². The van der Waals surface area contributed by atoms with E-state index >= 15 is 0 Å². The number of carbonyl (C=O) groups excluding carboxylic acids is 2. The Bertz CT molecular complexity index is 825. The zero-order valence-corrected chi connectivity index (χ0v) is 15.1. The maximum atomic E-state index is 12.4. The normalized spacial score (nSPS) is 10.9. The number of urea groups is 1. The van der Waals surface area contributed by atoms with Gasteiger partial charge in [-0.2, -0.15) is 0 Å². The van der Waals surface area contributed by atoms with Gasteiger partial charge in [0, 0.05) is 17.8 Å². The van der Waals surface area contributed by atoms with E-state index in [-0.39, 0.29) is 18.7 Å². The molecule has 6 nitrogen and oxygen atoms in total. The molecule has 0 heterocycles. The lowest BCUT2D eigenvalue weighted by molar-refractivity contribution is -0.274. The van der Waals surface area contributed by atoms with Gasteiger partial charge in [0.25, 0.3) is 0 Å². The van der Waals surface area contributed by atoms with Gasteiger partial charge in [0.15, 0.2) is 0 Å². The van der Waals surface area contributed by atoms with Crippen LogP contribution < -0.4 is 20.7 Å². The van der Waals surface area contributed by atoms with E-state index in [4.69, 9.17) is 0 Å².